The van der Waals surface area contributed by atoms with E-state index in [4.69, 9.17) is 13.9 Å². The third-order valence-corrected chi connectivity index (χ3v) is 16.8. The van der Waals surface area contributed by atoms with Crippen molar-refractivity contribution in [2.24, 2.45) is 0 Å². The fraction of sp³-hybridized carbons (Fsp3) is 0.875. The average Bonchev–Trinajstić information content (AvgIpc) is 2.62. The molecule has 5 nitrogen and oxygen atoms in total. The highest BCUT2D eigenvalue weighted by Gasteiger charge is 2.48. The molecule has 0 heterocycles. The summed E-state index contributed by atoms with van der Waals surface area (Å²) >= 11 is 0. The van der Waals surface area contributed by atoms with E-state index in [9.17, 15) is 9.90 Å². The average molecular weight is 475 g/mol. The van der Waals surface area contributed by atoms with Gasteiger partial charge in [-0.05, 0) is 51.7 Å². The van der Waals surface area contributed by atoms with Crippen LogP contribution in [-0.2, 0) is 18.7 Å². The fourth-order valence-electron chi connectivity index (χ4n) is 3.31. The largest absolute Gasteiger partial charge is 0.460 e. The smallest absolute Gasteiger partial charge is 0.333 e. The first kappa shape index (κ1) is 30.5. The van der Waals surface area contributed by atoms with Crippen molar-refractivity contribution >= 4 is 22.4 Å². The highest BCUT2D eigenvalue weighted by molar-refractivity contribution is 6.82. The lowest BCUT2D eigenvalue weighted by atomic mass is 10.1. The lowest BCUT2D eigenvalue weighted by Gasteiger charge is -2.50. The zero-order chi connectivity index (χ0) is 24.5. The molecular weight excluding hydrogens is 424 g/mol. The standard InChI is InChI=1S/C24H50O5Si2/c1-12-13-15-23(4,5)31(10,11)29-24(6,7)30(8,9)17-14-16-27-18-21(25)19-28-22(26)20(2)3/h21,25H,2,12-19H2,1,3-11H3. The van der Waals surface area contributed by atoms with Crippen molar-refractivity contribution in [3.8, 4) is 0 Å². The molecule has 1 atom stereocenters. The van der Waals surface area contributed by atoms with Crippen molar-refractivity contribution in [2.75, 3.05) is 19.8 Å². The van der Waals surface area contributed by atoms with E-state index in [2.05, 4.69) is 67.4 Å². The molecule has 0 rings (SSSR count). The first-order valence-corrected chi connectivity index (χ1v) is 17.9. The van der Waals surface area contributed by atoms with Crippen molar-refractivity contribution < 1.29 is 23.8 Å². The molecule has 0 fully saturated rings. The van der Waals surface area contributed by atoms with Crippen LogP contribution < -0.4 is 0 Å². The summed E-state index contributed by atoms with van der Waals surface area (Å²) in [5.74, 6) is -0.488. The molecule has 184 valence electrons. The number of carbonyl (C=O) groups is 1. The van der Waals surface area contributed by atoms with Crippen molar-refractivity contribution in [3.63, 3.8) is 0 Å². The second-order valence-electron chi connectivity index (χ2n) is 11.2. The molecule has 0 spiro atoms. The zero-order valence-electron chi connectivity index (χ0n) is 22.0. The molecule has 0 amide bonds. The second kappa shape index (κ2) is 12.7. The van der Waals surface area contributed by atoms with E-state index in [1.54, 1.807) is 6.92 Å². The Morgan fingerprint density at radius 2 is 1.65 bits per heavy atom. The van der Waals surface area contributed by atoms with Gasteiger partial charge in [0.05, 0.1) is 14.7 Å². The van der Waals surface area contributed by atoms with Crippen molar-refractivity contribution in [2.45, 2.75) is 116 Å². The Morgan fingerprint density at radius 1 is 1.06 bits per heavy atom. The van der Waals surface area contributed by atoms with Gasteiger partial charge in [-0.2, -0.15) is 0 Å². The third kappa shape index (κ3) is 10.3. The topological polar surface area (TPSA) is 65.0 Å². The monoisotopic (exact) mass is 474 g/mol. The summed E-state index contributed by atoms with van der Waals surface area (Å²) in [4.78, 5) is 11.4. The van der Waals surface area contributed by atoms with Gasteiger partial charge in [0.2, 0.25) is 0 Å². The third-order valence-electron chi connectivity index (χ3n) is 7.08. The number of carbonyl (C=O) groups excluding carboxylic acids is 1. The predicted octanol–water partition coefficient (Wildman–Crippen LogP) is 6.09. The molecular formula is C24H50O5Si2. The first-order valence-electron chi connectivity index (χ1n) is 11.8. The van der Waals surface area contributed by atoms with Crippen LogP contribution in [0.3, 0.4) is 0 Å². The van der Waals surface area contributed by atoms with Gasteiger partial charge < -0.3 is 19.0 Å². The fourth-order valence-corrected chi connectivity index (χ4v) is 9.15. The van der Waals surface area contributed by atoms with Crippen molar-refractivity contribution in [1.82, 2.24) is 0 Å². The molecule has 0 radical (unpaired) electrons. The highest BCUT2D eigenvalue weighted by Crippen LogP contribution is 2.45. The molecule has 0 aliphatic rings. The van der Waals surface area contributed by atoms with E-state index in [0.717, 1.165) is 12.5 Å². The molecule has 0 saturated heterocycles. The lowest BCUT2D eigenvalue weighted by molar-refractivity contribution is -0.143. The molecule has 0 aromatic rings. The SMILES string of the molecule is C=C(C)C(=O)OCC(O)COCCC[Si](C)(C)C(C)(C)O[Si](C)(C)C(C)(C)CCCC. The Labute approximate surface area is 194 Å². The number of rotatable bonds is 16. The van der Waals surface area contributed by atoms with Crippen LogP contribution in [0, 0.1) is 0 Å². The number of hydrogen-bond donors (Lipinski definition) is 1. The molecule has 0 aliphatic carbocycles. The van der Waals surface area contributed by atoms with Gasteiger partial charge >= 0.3 is 5.97 Å². The van der Waals surface area contributed by atoms with Gasteiger partial charge in [-0.1, -0.05) is 59.3 Å². The number of hydrogen-bond acceptors (Lipinski definition) is 5. The van der Waals surface area contributed by atoms with Gasteiger partial charge in [-0.3, -0.25) is 0 Å². The Balaban J connectivity index is 4.56. The normalized spacial score (nSPS) is 14.4. The first-order chi connectivity index (χ1) is 14.0. The van der Waals surface area contributed by atoms with E-state index in [1.807, 2.05) is 0 Å². The minimum absolute atomic E-state index is 0.0691. The lowest BCUT2D eigenvalue weighted by Crippen LogP contribution is -2.59. The van der Waals surface area contributed by atoms with Crippen molar-refractivity contribution in [3.05, 3.63) is 12.2 Å². The highest BCUT2D eigenvalue weighted by atomic mass is 28.4. The van der Waals surface area contributed by atoms with Crippen LogP contribution in [-0.4, -0.2) is 58.6 Å². The van der Waals surface area contributed by atoms with Crippen LogP contribution in [0.25, 0.3) is 0 Å². The van der Waals surface area contributed by atoms with E-state index < -0.39 is 28.5 Å². The molecule has 0 aliphatic heterocycles. The molecule has 0 aromatic heterocycles. The van der Waals surface area contributed by atoms with Crippen LogP contribution in [0.4, 0.5) is 0 Å². The van der Waals surface area contributed by atoms with Gasteiger partial charge in [0, 0.05) is 17.4 Å². The minimum atomic E-state index is -1.89. The summed E-state index contributed by atoms with van der Waals surface area (Å²) in [6.07, 6.45) is 3.82. The van der Waals surface area contributed by atoms with E-state index in [0.29, 0.717) is 12.2 Å². The quantitative estimate of drug-likeness (QED) is 0.127. The molecule has 0 saturated carbocycles. The Hall–Kier alpha value is -0.476. The molecule has 31 heavy (non-hydrogen) atoms. The molecule has 0 aromatic carbocycles. The van der Waals surface area contributed by atoms with Crippen molar-refractivity contribution in [1.29, 1.82) is 0 Å². The van der Waals surface area contributed by atoms with Gasteiger partial charge in [-0.15, -0.1) is 0 Å². The number of unbranched alkanes of at least 4 members (excludes halogenated alkanes) is 1. The number of ether oxygens (including phenoxy) is 2. The Kier molecular flexibility index (Phi) is 12.5. The minimum Gasteiger partial charge on any atom is -0.460 e. The maximum Gasteiger partial charge on any atom is 0.333 e. The number of aliphatic hydroxyl groups excluding tert-OH is 1. The Morgan fingerprint density at radius 3 is 2.16 bits per heavy atom. The maximum atomic E-state index is 11.4. The Bertz CT molecular complexity index is 570. The van der Waals surface area contributed by atoms with E-state index >= 15 is 0 Å². The summed E-state index contributed by atoms with van der Waals surface area (Å²) in [6, 6.07) is 1.10. The van der Waals surface area contributed by atoms with Gasteiger partial charge in [0.25, 0.3) is 0 Å². The zero-order valence-corrected chi connectivity index (χ0v) is 24.0. The van der Waals surface area contributed by atoms with Crippen LogP contribution in [0.1, 0.15) is 67.2 Å². The van der Waals surface area contributed by atoms with Crippen LogP contribution in [0.5, 0.6) is 0 Å². The number of esters is 1. The van der Waals surface area contributed by atoms with Gasteiger partial charge in [0.15, 0.2) is 8.32 Å². The van der Waals surface area contributed by atoms with Gasteiger partial charge in [-0.25, -0.2) is 4.79 Å². The van der Waals surface area contributed by atoms with Crippen LogP contribution in [0.2, 0.25) is 37.3 Å². The molecule has 1 N–H and O–H groups in total. The molecule has 1 unspecified atom stereocenters. The second-order valence-corrected chi connectivity index (χ2v) is 21.3. The van der Waals surface area contributed by atoms with Crippen LogP contribution >= 0.6 is 0 Å². The van der Waals surface area contributed by atoms with Gasteiger partial charge in [0.1, 0.15) is 12.7 Å². The van der Waals surface area contributed by atoms with E-state index in [1.165, 1.54) is 19.3 Å². The molecule has 0 bridgehead atoms. The van der Waals surface area contributed by atoms with Crippen LogP contribution in [0.15, 0.2) is 12.2 Å². The van der Waals surface area contributed by atoms with E-state index in [-0.39, 0.29) is 23.5 Å². The summed E-state index contributed by atoms with van der Waals surface area (Å²) < 4.78 is 17.6. The number of aliphatic hydroxyl groups is 1. The summed E-state index contributed by atoms with van der Waals surface area (Å²) in [5, 5.41) is 10.0. The summed E-state index contributed by atoms with van der Waals surface area (Å²) in [6.45, 7) is 26.9. The maximum absolute atomic E-state index is 11.4. The summed E-state index contributed by atoms with van der Waals surface area (Å²) in [5.41, 5.74) is 0.324. The summed E-state index contributed by atoms with van der Waals surface area (Å²) in [7, 11) is -3.57. The molecule has 7 heteroatoms. The predicted molar refractivity (Wildman–Crippen MR) is 136 cm³/mol.